The minimum atomic E-state index is 0.417. The van der Waals surface area contributed by atoms with Crippen molar-refractivity contribution in [2.24, 2.45) is 11.8 Å². The van der Waals surface area contributed by atoms with Gasteiger partial charge in [-0.15, -0.1) is 0 Å². The van der Waals surface area contributed by atoms with Gasteiger partial charge in [0.25, 0.3) is 0 Å². The zero-order chi connectivity index (χ0) is 14.0. The summed E-state index contributed by atoms with van der Waals surface area (Å²) in [6.07, 6.45) is 4.00. The highest BCUT2D eigenvalue weighted by atomic mass is 16.5. The molecule has 1 aliphatic rings. The van der Waals surface area contributed by atoms with Gasteiger partial charge in [-0.3, -0.25) is 0 Å². The third-order valence-corrected chi connectivity index (χ3v) is 4.54. The molecule has 1 aromatic rings. The van der Waals surface area contributed by atoms with Gasteiger partial charge in [0.2, 0.25) is 0 Å². The molecule has 2 heteroatoms. The fourth-order valence-electron chi connectivity index (χ4n) is 3.68. The van der Waals surface area contributed by atoms with Gasteiger partial charge in [0.1, 0.15) is 5.75 Å². The lowest BCUT2D eigenvalue weighted by atomic mass is 9.87. The van der Waals surface area contributed by atoms with Crippen molar-refractivity contribution in [1.29, 1.82) is 0 Å². The average Bonchev–Trinajstić information content (AvgIpc) is 2.78. The molecule has 19 heavy (non-hydrogen) atoms. The van der Waals surface area contributed by atoms with Crippen LogP contribution in [0.5, 0.6) is 5.75 Å². The number of methoxy groups -OCH3 is 1. The molecule has 0 aliphatic heterocycles. The summed E-state index contributed by atoms with van der Waals surface area (Å²) in [5.74, 6) is 2.63. The molecule has 2 nitrogen and oxygen atoms in total. The number of hydrogen-bond donors (Lipinski definition) is 1. The second-order valence-corrected chi connectivity index (χ2v) is 6.14. The number of aryl methyl sites for hydroxylation is 2. The van der Waals surface area contributed by atoms with Gasteiger partial charge >= 0.3 is 0 Å². The van der Waals surface area contributed by atoms with Crippen LogP contribution in [0.2, 0.25) is 0 Å². The van der Waals surface area contributed by atoms with E-state index < -0.39 is 0 Å². The molecule has 106 valence electrons. The maximum absolute atomic E-state index is 5.64. The van der Waals surface area contributed by atoms with E-state index in [1.165, 1.54) is 36.0 Å². The molecular formula is C17H27NO. The lowest BCUT2D eigenvalue weighted by Gasteiger charge is -2.27. The largest absolute Gasteiger partial charge is 0.496 e. The quantitative estimate of drug-likeness (QED) is 0.884. The van der Waals surface area contributed by atoms with Crippen LogP contribution in [-0.4, -0.2) is 14.2 Å². The minimum Gasteiger partial charge on any atom is -0.496 e. The highest BCUT2D eigenvalue weighted by Gasteiger charge is 2.31. The molecule has 0 amide bonds. The third kappa shape index (κ3) is 2.94. The average molecular weight is 261 g/mol. The van der Waals surface area contributed by atoms with E-state index in [4.69, 9.17) is 4.74 Å². The molecule has 1 fully saturated rings. The Hall–Kier alpha value is -1.02. The van der Waals surface area contributed by atoms with Crippen LogP contribution in [-0.2, 0) is 0 Å². The standard InChI is InChI=1S/C17H27NO/c1-11-6-7-14(9-11)17(18-4)16-13(3)8-12(2)10-15(16)19-5/h8,10-11,14,17-18H,6-7,9H2,1-5H3. The summed E-state index contributed by atoms with van der Waals surface area (Å²) in [4.78, 5) is 0. The van der Waals surface area contributed by atoms with Crippen molar-refractivity contribution in [2.75, 3.05) is 14.2 Å². The van der Waals surface area contributed by atoms with Crippen molar-refractivity contribution >= 4 is 0 Å². The van der Waals surface area contributed by atoms with Crippen LogP contribution in [0.4, 0.5) is 0 Å². The van der Waals surface area contributed by atoms with Gasteiger partial charge in [0.05, 0.1) is 7.11 Å². The summed E-state index contributed by atoms with van der Waals surface area (Å²) in [6.45, 7) is 6.70. The van der Waals surface area contributed by atoms with Gasteiger partial charge in [0, 0.05) is 11.6 Å². The van der Waals surface area contributed by atoms with E-state index in [1.54, 1.807) is 7.11 Å². The first kappa shape index (κ1) is 14.4. The lowest BCUT2D eigenvalue weighted by molar-refractivity contribution is 0.352. The van der Waals surface area contributed by atoms with Gasteiger partial charge < -0.3 is 10.1 Å². The van der Waals surface area contributed by atoms with Crippen molar-refractivity contribution in [2.45, 2.75) is 46.1 Å². The Labute approximate surface area is 117 Å². The van der Waals surface area contributed by atoms with E-state index in [2.05, 4.69) is 45.3 Å². The number of ether oxygens (including phenoxy) is 1. The number of hydrogen-bond acceptors (Lipinski definition) is 2. The van der Waals surface area contributed by atoms with Crippen LogP contribution >= 0.6 is 0 Å². The highest BCUT2D eigenvalue weighted by molar-refractivity contribution is 5.45. The first-order chi connectivity index (χ1) is 9.06. The van der Waals surface area contributed by atoms with Crippen molar-refractivity contribution in [3.63, 3.8) is 0 Å². The van der Waals surface area contributed by atoms with Gasteiger partial charge in [-0.05, 0) is 62.8 Å². The molecule has 3 unspecified atom stereocenters. The highest BCUT2D eigenvalue weighted by Crippen LogP contribution is 2.42. The predicted molar refractivity (Wildman–Crippen MR) is 80.8 cm³/mol. The van der Waals surface area contributed by atoms with Crippen LogP contribution < -0.4 is 10.1 Å². The first-order valence-electron chi connectivity index (χ1n) is 7.39. The Kier molecular flexibility index (Phi) is 4.51. The maximum atomic E-state index is 5.64. The summed E-state index contributed by atoms with van der Waals surface area (Å²) in [6, 6.07) is 4.84. The van der Waals surface area contributed by atoms with Crippen LogP contribution in [0.3, 0.4) is 0 Å². The normalized spacial score (nSPS) is 24.5. The Bertz CT molecular complexity index is 441. The van der Waals surface area contributed by atoms with Crippen LogP contribution in [0.25, 0.3) is 0 Å². The number of rotatable bonds is 4. The van der Waals surface area contributed by atoms with E-state index in [1.807, 2.05) is 0 Å². The zero-order valence-corrected chi connectivity index (χ0v) is 12.9. The van der Waals surface area contributed by atoms with E-state index in [0.717, 1.165) is 17.6 Å². The molecule has 0 bridgehead atoms. The molecule has 3 atom stereocenters. The van der Waals surface area contributed by atoms with Crippen molar-refractivity contribution in [3.05, 3.63) is 28.8 Å². The number of benzene rings is 1. The Morgan fingerprint density at radius 2 is 2.00 bits per heavy atom. The van der Waals surface area contributed by atoms with Crippen LogP contribution in [0.15, 0.2) is 12.1 Å². The van der Waals surface area contributed by atoms with Crippen molar-refractivity contribution in [1.82, 2.24) is 5.32 Å². The van der Waals surface area contributed by atoms with E-state index in [0.29, 0.717) is 6.04 Å². The van der Waals surface area contributed by atoms with E-state index in [9.17, 15) is 0 Å². The lowest BCUT2D eigenvalue weighted by Crippen LogP contribution is -2.25. The minimum absolute atomic E-state index is 0.417. The molecule has 0 saturated heterocycles. The fourth-order valence-corrected chi connectivity index (χ4v) is 3.68. The monoisotopic (exact) mass is 261 g/mol. The topological polar surface area (TPSA) is 21.3 Å². The molecule has 1 aromatic carbocycles. The molecular weight excluding hydrogens is 234 g/mol. The molecule has 0 aromatic heterocycles. The smallest absolute Gasteiger partial charge is 0.124 e. The van der Waals surface area contributed by atoms with Crippen LogP contribution in [0, 0.1) is 25.7 Å². The van der Waals surface area contributed by atoms with Crippen LogP contribution in [0.1, 0.15) is 48.9 Å². The van der Waals surface area contributed by atoms with E-state index in [-0.39, 0.29) is 0 Å². The molecule has 2 rings (SSSR count). The first-order valence-corrected chi connectivity index (χ1v) is 7.39. The summed E-state index contributed by atoms with van der Waals surface area (Å²) in [5.41, 5.74) is 3.97. The Balaban J connectivity index is 2.37. The van der Waals surface area contributed by atoms with Gasteiger partial charge in [-0.2, -0.15) is 0 Å². The molecule has 0 heterocycles. The molecule has 0 radical (unpaired) electrons. The van der Waals surface area contributed by atoms with Gasteiger partial charge in [-0.25, -0.2) is 0 Å². The van der Waals surface area contributed by atoms with Gasteiger partial charge in [-0.1, -0.05) is 19.4 Å². The summed E-state index contributed by atoms with van der Waals surface area (Å²) in [7, 11) is 3.86. The molecule has 1 N–H and O–H groups in total. The molecule has 0 spiro atoms. The summed E-state index contributed by atoms with van der Waals surface area (Å²) < 4.78 is 5.64. The predicted octanol–water partition coefficient (Wildman–Crippen LogP) is 4.01. The zero-order valence-electron chi connectivity index (χ0n) is 12.9. The number of nitrogens with one attached hydrogen (secondary N) is 1. The SMILES string of the molecule is CNC(c1c(C)cc(C)cc1OC)C1CCC(C)C1. The Morgan fingerprint density at radius 1 is 1.26 bits per heavy atom. The fraction of sp³-hybridized carbons (Fsp3) is 0.647. The Morgan fingerprint density at radius 3 is 2.53 bits per heavy atom. The third-order valence-electron chi connectivity index (χ3n) is 4.54. The second kappa shape index (κ2) is 5.96. The van der Waals surface area contributed by atoms with Crippen molar-refractivity contribution < 1.29 is 4.74 Å². The van der Waals surface area contributed by atoms with Crippen molar-refractivity contribution in [3.8, 4) is 5.75 Å². The molecule has 1 saturated carbocycles. The van der Waals surface area contributed by atoms with E-state index >= 15 is 0 Å². The second-order valence-electron chi connectivity index (χ2n) is 6.14. The van der Waals surface area contributed by atoms with Gasteiger partial charge in [0.15, 0.2) is 0 Å². The molecule has 1 aliphatic carbocycles. The summed E-state index contributed by atoms with van der Waals surface area (Å²) in [5, 5.41) is 3.54. The summed E-state index contributed by atoms with van der Waals surface area (Å²) >= 11 is 0. The maximum Gasteiger partial charge on any atom is 0.124 e.